The van der Waals surface area contributed by atoms with Gasteiger partial charge in [0.15, 0.2) is 6.61 Å². The molecule has 0 aromatic heterocycles. The van der Waals surface area contributed by atoms with Crippen LogP contribution < -0.4 is 20.3 Å². The van der Waals surface area contributed by atoms with Crippen LogP contribution in [-0.4, -0.2) is 37.4 Å². The maximum Gasteiger partial charge on any atom is 0.262 e. The number of amides is 3. The van der Waals surface area contributed by atoms with Crippen LogP contribution in [0.5, 0.6) is 5.75 Å². The number of hydrogen-bond acceptors (Lipinski definition) is 4. The second-order valence-corrected chi connectivity index (χ2v) is 8.67. The highest BCUT2D eigenvalue weighted by Gasteiger charge is 2.35. The highest BCUT2D eigenvalue weighted by atomic mass is 16.5. The molecule has 170 valence electrons. The SMILES string of the molecule is Cc1ccc(NC(=O)COc2ccc(N3CC(C(=O)NCC(C)C)CC3=O)cc2)cc1C. The molecule has 7 heteroatoms. The van der Waals surface area contributed by atoms with E-state index in [0.717, 1.165) is 11.3 Å². The Kier molecular flexibility index (Phi) is 7.51. The third kappa shape index (κ3) is 6.09. The van der Waals surface area contributed by atoms with Gasteiger partial charge in [0.25, 0.3) is 5.91 Å². The minimum absolute atomic E-state index is 0.0730. The van der Waals surface area contributed by atoms with Crippen LogP contribution in [0.25, 0.3) is 0 Å². The molecule has 3 amide bonds. The van der Waals surface area contributed by atoms with Gasteiger partial charge in [-0.3, -0.25) is 14.4 Å². The summed E-state index contributed by atoms with van der Waals surface area (Å²) in [5, 5.41) is 5.72. The first-order chi connectivity index (χ1) is 15.2. The first-order valence-electron chi connectivity index (χ1n) is 10.9. The first-order valence-corrected chi connectivity index (χ1v) is 10.9. The Bertz CT molecular complexity index is 985. The number of aryl methyl sites for hydroxylation is 2. The molecule has 32 heavy (non-hydrogen) atoms. The minimum Gasteiger partial charge on any atom is -0.484 e. The highest BCUT2D eigenvalue weighted by molar-refractivity contribution is 6.00. The number of benzene rings is 2. The zero-order valence-electron chi connectivity index (χ0n) is 19.1. The van der Waals surface area contributed by atoms with Crippen LogP contribution in [0.3, 0.4) is 0 Å². The van der Waals surface area contributed by atoms with Crippen molar-refractivity contribution >= 4 is 29.1 Å². The van der Waals surface area contributed by atoms with Crippen molar-refractivity contribution < 1.29 is 19.1 Å². The fourth-order valence-electron chi connectivity index (χ4n) is 3.47. The van der Waals surface area contributed by atoms with Crippen LogP contribution in [0.15, 0.2) is 42.5 Å². The summed E-state index contributed by atoms with van der Waals surface area (Å²) in [6.07, 6.45) is 0.209. The largest absolute Gasteiger partial charge is 0.484 e. The van der Waals surface area contributed by atoms with E-state index in [0.29, 0.717) is 30.4 Å². The van der Waals surface area contributed by atoms with Crippen LogP contribution >= 0.6 is 0 Å². The molecule has 2 aromatic carbocycles. The number of rotatable bonds is 8. The van der Waals surface area contributed by atoms with E-state index in [-0.39, 0.29) is 36.7 Å². The molecule has 0 aliphatic carbocycles. The first kappa shape index (κ1) is 23.3. The van der Waals surface area contributed by atoms with E-state index in [1.54, 1.807) is 29.2 Å². The molecule has 0 spiro atoms. The van der Waals surface area contributed by atoms with Gasteiger partial charge < -0.3 is 20.3 Å². The van der Waals surface area contributed by atoms with E-state index < -0.39 is 0 Å². The van der Waals surface area contributed by atoms with E-state index in [2.05, 4.69) is 10.6 Å². The lowest BCUT2D eigenvalue weighted by Gasteiger charge is -2.17. The quantitative estimate of drug-likeness (QED) is 0.662. The maximum absolute atomic E-state index is 12.4. The molecular weight excluding hydrogens is 406 g/mol. The fraction of sp³-hybridized carbons (Fsp3) is 0.400. The van der Waals surface area contributed by atoms with Crippen molar-refractivity contribution in [3.63, 3.8) is 0 Å². The average Bonchev–Trinajstić information content (AvgIpc) is 3.15. The van der Waals surface area contributed by atoms with Crippen LogP contribution in [0, 0.1) is 25.7 Å². The fourth-order valence-corrected chi connectivity index (χ4v) is 3.47. The monoisotopic (exact) mass is 437 g/mol. The van der Waals surface area contributed by atoms with Crippen molar-refractivity contribution in [1.29, 1.82) is 0 Å². The maximum atomic E-state index is 12.4. The van der Waals surface area contributed by atoms with Crippen LogP contribution in [0.2, 0.25) is 0 Å². The minimum atomic E-state index is -0.341. The van der Waals surface area contributed by atoms with E-state index >= 15 is 0 Å². The molecule has 1 saturated heterocycles. The highest BCUT2D eigenvalue weighted by Crippen LogP contribution is 2.27. The predicted octanol–water partition coefficient (Wildman–Crippen LogP) is 3.45. The number of carbonyl (C=O) groups excluding carboxylic acids is 3. The van der Waals surface area contributed by atoms with Gasteiger partial charge in [-0.1, -0.05) is 19.9 Å². The molecule has 7 nitrogen and oxygen atoms in total. The van der Waals surface area contributed by atoms with Gasteiger partial charge in [0.2, 0.25) is 11.8 Å². The molecule has 3 rings (SSSR count). The van der Waals surface area contributed by atoms with Crippen molar-refractivity contribution in [2.45, 2.75) is 34.1 Å². The molecule has 1 atom stereocenters. The molecule has 0 radical (unpaired) electrons. The van der Waals surface area contributed by atoms with Gasteiger partial charge in [0.05, 0.1) is 5.92 Å². The van der Waals surface area contributed by atoms with Crippen LogP contribution in [0.4, 0.5) is 11.4 Å². The number of nitrogens with one attached hydrogen (secondary N) is 2. The lowest BCUT2D eigenvalue weighted by Crippen LogP contribution is -2.35. The Morgan fingerprint density at radius 2 is 1.81 bits per heavy atom. The summed E-state index contributed by atoms with van der Waals surface area (Å²) in [7, 11) is 0. The molecule has 1 fully saturated rings. The van der Waals surface area contributed by atoms with Gasteiger partial charge >= 0.3 is 0 Å². The van der Waals surface area contributed by atoms with E-state index in [4.69, 9.17) is 4.74 Å². The molecule has 2 aromatic rings. The molecule has 1 aliphatic heterocycles. The Morgan fingerprint density at radius 3 is 2.47 bits per heavy atom. The van der Waals surface area contributed by atoms with Crippen LogP contribution in [0.1, 0.15) is 31.4 Å². The Balaban J connectivity index is 1.51. The summed E-state index contributed by atoms with van der Waals surface area (Å²) in [6.45, 7) is 8.92. The molecule has 1 unspecified atom stereocenters. The summed E-state index contributed by atoms with van der Waals surface area (Å²) in [5.74, 6) is 0.152. The van der Waals surface area contributed by atoms with Crippen molar-refractivity contribution in [2.24, 2.45) is 11.8 Å². The third-order valence-electron chi connectivity index (χ3n) is 5.49. The third-order valence-corrected chi connectivity index (χ3v) is 5.49. The van der Waals surface area contributed by atoms with Gasteiger partial charge in [0.1, 0.15) is 5.75 Å². The van der Waals surface area contributed by atoms with Crippen molar-refractivity contribution in [2.75, 3.05) is 29.9 Å². The normalized spacial score (nSPS) is 15.7. The number of carbonyl (C=O) groups is 3. The number of nitrogens with zero attached hydrogens (tertiary/aromatic N) is 1. The van der Waals surface area contributed by atoms with Crippen molar-refractivity contribution in [3.8, 4) is 5.75 Å². The molecule has 1 heterocycles. The van der Waals surface area contributed by atoms with Gasteiger partial charge in [-0.15, -0.1) is 0 Å². The summed E-state index contributed by atoms with van der Waals surface area (Å²) >= 11 is 0. The summed E-state index contributed by atoms with van der Waals surface area (Å²) in [6, 6.07) is 12.7. The van der Waals surface area contributed by atoms with Gasteiger partial charge in [-0.25, -0.2) is 0 Å². The van der Waals surface area contributed by atoms with E-state index in [9.17, 15) is 14.4 Å². The number of hydrogen-bond donors (Lipinski definition) is 2. The molecule has 2 N–H and O–H groups in total. The molecule has 1 aliphatic rings. The lowest BCUT2D eigenvalue weighted by atomic mass is 10.1. The molecule has 0 bridgehead atoms. The Hall–Kier alpha value is -3.35. The zero-order chi connectivity index (χ0) is 23.3. The predicted molar refractivity (Wildman–Crippen MR) is 125 cm³/mol. The zero-order valence-corrected chi connectivity index (χ0v) is 19.1. The molecular formula is C25H31N3O4. The smallest absolute Gasteiger partial charge is 0.262 e. The van der Waals surface area contributed by atoms with E-state index in [1.165, 1.54) is 5.56 Å². The molecule has 0 saturated carbocycles. The standard InChI is InChI=1S/C25H31N3O4/c1-16(2)13-26-25(31)19-12-24(30)28(14-19)21-7-9-22(10-8-21)32-15-23(29)27-20-6-5-17(3)18(4)11-20/h5-11,16,19H,12-15H2,1-4H3,(H,26,31)(H,27,29). The number of ether oxygens (including phenoxy) is 1. The Labute approximate surface area is 189 Å². The summed E-state index contributed by atoms with van der Waals surface area (Å²) in [5.41, 5.74) is 3.71. The van der Waals surface area contributed by atoms with E-state index in [1.807, 2.05) is 45.9 Å². The Morgan fingerprint density at radius 1 is 1.09 bits per heavy atom. The number of anilines is 2. The average molecular weight is 438 g/mol. The second kappa shape index (κ2) is 10.3. The van der Waals surface area contributed by atoms with Gasteiger partial charge in [0, 0.05) is 30.9 Å². The topological polar surface area (TPSA) is 87.7 Å². The lowest BCUT2D eigenvalue weighted by molar-refractivity contribution is -0.126. The van der Waals surface area contributed by atoms with Gasteiger partial charge in [-0.05, 0) is 67.3 Å². The summed E-state index contributed by atoms with van der Waals surface area (Å²) < 4.78 is 5.57. The second-order valence-electron chi connectivity index (χ2n) is 8.67. The summed E-state index contributed by atoms with van der Waals surface area (Å²) in [4.78, 5) is 38.5. The van der Waals surface area contributed by atoms with Crippen molar-refractivity contribution in [3.05, 3.63) is 53.6 Å². The van der Waals surface area contributed by atoms with Crippen LogP contribution in [-0.2, 0) is 14.4 Å². The van der Waals surface area contributed by atoms with Crippen molar-refractivity contribution in [1.82, 2.24) is 5.32 Å². The van der Waals surface area contributed by atoms with Gasteiger partial charge in [-0.2, -0.15) is 0 Å².